The molecule has 0 fully saturated rings. The van der Waals surface area contributed by atoms with E-state index in [2.05, 4.69) is 4.98 Å². The van der Waals surface area contributed by atoms with E-state index in [1.54, 1.807) is 49.5 Å². The van der Waals surface area contributed by atoms with Gasteiger partial charge in [-0.05, 0) is 44.5 Å². The van der Waals surface area contributed by atoms with Crippen molar-refractivity contribution < 1.29 is 29.0 Å². The Morgan fingerprint density at radius 3 is 2.52 bits per heavy atom. The predicted molar refractivity (Wildman–Crippen MR) is 122 cm³/mol. The van der Waals surface area contributed by atoms with Crippen molar-refractivity contribution in [2.24, 2.45) is 0 Å². The maximum Gasteiger partial charge on any atom is 0.333 e. The standard InChI is InChI=1S/C24H26N2O7/c1-4-31-21(24(27)28)12-16-8-10-18(11-9-16)32-14-17-13-25-19-6-5-7-20(26(29)30)22(19)23(17)33-15(2)3/h5-11,13,15,21H,4,12,14H2,1-3H3,(H,27,28). The first-order valence-corrected chi connectivity index (χ1v) is 10.6. The average molecular weight is 454 g/mol. The normalized spacial score (nSPS) is 12.0. The number of hydrogen-bond donors (Lipinski definition) is 1. The lowest BCUT2D eigenvalue weighted by atomic mass is 10.1. The van der Waals surface area contributed by atoms with E-state index in [9.17, 15) is 20.0 Å². The van der Waals surface area contributed by atoms with E-state index in [0.717, 1.165) is 5.56 Å². The van der Waals surface area contributed by atoms with Crippen molar-refractivity contribution in [2.75, 3.05) is 6.61 Å². The molecule has 0 saturated heterocycles. The maximum absolute atomic E-state index is 11.6. The van der Waals surface area contributed by atoms with E-state index in [-0.39, 0.29) is 24.8 Å². The largest absolute Gasteiger partial charge is 0.490 e. The first-order valence-electron chi connectivity index (χ1n) is 10.6. The summed E-state index contributed by atoms with van der Waals surface area (Å²) < 4.78 is 17.1. The Morgan fingerprint density at radius 1 is 1.18 bits per heavy atom. The van der Waals surface area contributed by atoms with Crippen molar-refractivity contribution in [3.63, 3.8) is 0 Å². The molecule has 3 aromatic rings. The van der Waals surface area contributed by atoms with Crippen molar-refractivity contribution in [3.05, 3.63) is 69.9 Å². The van der Waals surface area contributed by atoms with Crippen LogP contribution < -0.4 is 9.47 Å². The molecular formula is C24H26N2O7. The Hall–Kier alpha value is -3.72. The third-order valence-corrected chi connectivity index (χ3v) is 4.83. The quantitative estimate of drug-likeness (QED) is 0.331. The predicted octanol–water partition coefficient (Wildman–Crippen LogP) is 4.54. The lowest BCUT2D eigenvalue weighted by molar-refractivity contribution is -0.383. The van der Waals surface area contributed by atoms with Gasteiger partial charge in [0.2, 0.25) is 0 Å². The first-order chi connectivity index (χ1) is 15.8. The van der Waals surface area contributed by atoms with Crippen molar-refractivity contribution in [1.82, 2.24) is 4.98 Å². The summed E-state index contributed by atoms with van der Waals surface area (Å²) in [6.45, 7) is 5.85. The number of pyridine rings is 1. The fourth-order valence-corrected chi connectivity index (χ4v) is 3.38. The maximum atomic E-state index is 11.6. The molecule has 0 amide bonds. The van der Waals surface area contributed by atoms with Crippen molar-refractivity contribution in [3.8, 4) is 11.5 Å². The number of carboxylic acid groups (broad SMARTS) is 1. The van der Waals surface area contributed by atoms with Crippen LogP contribution in [0.2, 0.25) is 0 Å². The van der Waals surface area contributed by atoms with Gasteiger partial charge in [-0.2, -0.15) is 0 Å². The highest BCUT2D eigenvalue weighted by atomic mass is 16.6. The molecule has 9 nitrogen and oxygen atoms in total. The average Bonchev–Trinajstić information content (AvgIpc) is 2.78. The molecule has 0 aliphatic carbocycles. The lowest BCUT2D eigenvalue weighted by Crippen LogP contribution is -2.26. The molecule has 0 radical (unpaired) electrons. The number of carbonyl (C=O) groups is 1. The monoisotopic (exact) mass is 454 g/mol. The Bertz CT molecular complexity index is 1130. The van der Waals surface area contributed by atoms with Gasteiger partial charge in [0.05, 0.1) is 22.1 Å². The van der Waals surface area contributed by atoms with E-state index in [0.29, 0.717) is 34.6 Å². The summed E-state index contributed by atoms with van der Waals surface area (Å²) in [7, 11) is 0. The van der Waals surface area contributed by atoms with Crippen LogP contribution in [0.4, 0.5) is 5.69 Å². The fourth-order valence-electron chi connectivity index (χ4n) is 3.38. The summed E-state index contributed by atoms with van der Waals surface area (Å²) in [6.07, 6.45) is 0.726. The van der Waals surface area contributed by atoms with Gasteiger partial charge < -0.3 is 19.3 Å². The van der Waals surface area contributed by atoms with Gasteiger partial charge in [0.1, 0.15) is 23.5 Å². The van der Waals surface area contributed by atoms with Crippen LogP contribution >= 0.6 is 0 Å². The van der Waals surface area contributed by atoms with E-state index in [1.807, 2.05) is 13.8 Å². The Balaban J connectivity index is 1.83. The number of nitro groups is 1. The van der Waals surface area contributed by atoms with Gasteiger partial charge in [-0.3, -0.25) is 15.1 Å². The van der Waals surface area contributed by atoms with Gasteiger partial charge in [-0.15, -0.1) is 0 Å². The number of fused-ring (bicyclic) bond motifs is 1. The number of nitrogens with zero attached hydrogens (tertiary/aromatic N) is 2. The first kappa shape index (κ1) is 23.9. The molecule has 1 unspecified atom stereocenters. The van der Waals surface area contributed by atoms with Crippen LogP contribution in [0.15, 0.2) is 48.7 Å². The molecule has 33 heavy (non-hydrogen) atoms. The van der Waals surface area contributed by atoms with Gasteiger partial charge in [0.15, 0.2) is 6.10 Å². The number of aliphatic carboxylic acids is 1. The molecule has 1 heterocycles. The van der Waals surface area contributed by atoms with Gasteiger partial charge in [-0.1, -0.05) is 18.2 Å². The Labute approximate surface area is 191 Å². The topological polar surface area (TPSA) is 121 Å². The third kappa shape index (κ3) is 5.95. The summed E-state index contributed by atoms with van der Waals surface area (Å²) in [5.41, 5.74) is 1.77. The van der Waals surface area contributed by atoms with Crippen molar-refractivity contribution in [2.45, 2.75) is 46.0 Å². The number of non-ortho nitro benzene ring substituents is 1. The Morgan fingerprint density at radius 2 is 1.91 bits per heavy atom. The van der Waals surface area contributed by atoms with Crippen LogP contribution in [0.3, 0.4) is 0 Å². The van der Waals surface area contributed by atoms with Crippen LogP contribution in [-0.2, 0) is 22.6 Å². The number of hydrogen-bond acceptors (Lipinski definition) is 7. The summed E-state index contributed by atoms with van der Waals surface area (Å²) in [5, 5.41) is 21.2. The molecular weight excluding hydrogens is 428 g/mol. The van der Waals surface area contributed by atoms with E-state index in [1.165, 1.54) is 6.07 Å². The van der Waals surface area contributed by atoms with E-state index < -0.39 is 17.0 Å². The lowest BCUT2D eigenvalue weighted by Gasteiger charge is -2.17. The van der Waals surface area contributed by atoms with E-state index in [4.69, 9.17) is 14.2 Å². The second-order valence-electron chi connectivity index (χ2n) is 7.63. The highest BCUT2D eigenvalue weighted by molar-refractivity contribution is 5.94. The summed E-state index contributed by atoms with van der Waals surface area (Å²) >= 11 is 0. The molecule has 9 heteroatoms. The zero-order valence-electron chi connectivity index (χ0n) is 18.7. The number of aromatic nitrogens is 1. The van der Waals surface area contributed by atoms with Crippen LogP contribution in [0.1, 0.15) is 31.9 Å². The fraction of sp³-hybridized carbons (Fsp3) is 0.333. The van der Waals surface area contributed by atoms with Crippen LogP contribution in [-0.4, -0.2) is 39.8 Å². The Kier molecular flexibility index (Phi) is 7.78. The molecule has 1 N–H and O–H groups in total. The zero-order valence-corrected chi connectivity index (χ0v) is 18.7. The molecule has 2 aromatic carbocycles. The SMILES string of the molecule is CCOC(Cc1ccc(OCc2cnc3cccc([N+](=O)[O-])c3c2OC(C)C)cc1)C(=O)O. The molecule has 0 aliphatic rings. The minimum Gasteiger partial charge on any atom is -0.490 e. The second-order valence-corrected chi connectivity index (χ2v) is 7.63. The number of ether oxygens (including phenoxy) is 3. The van der Waals surface area contributed by atoms with Crippen LogP contribution in [0.5, 0.6) is 11.5 Å². The van der Waals surface area contributed by atoms with E-state index >= 15 is 0 Å². The smallest absolute Gasteiger partial charge is 0.333 e. The molecule has 0 aliphatic heterocycles. The van der Waals surface area contributed by atoms with Gasteiger partial charge in [0.25, 0.3) is 5.69 Å². The molecule has 1 aromatic heterocycles. The molecule has 0 spiro atoms. The number of benzene rings is 2. The number of carboxylic acids is 1. The zero-order chi connectivity index (χ0) is 24.0. The third-order valence-electron chi connectivity index (χ3n) is 4.83. The number of rotatable bonds is 11. The van der Waals surface area contributed by atoms with Crippen molar-refractivity contribution in [1.29, 1.82) is 0 Å². The summed E-state index contributed by atoms with van der Waals surface area (Å²) in [6, 6.07) is 11.7. The van der Waals surface area contributed by atoms with Gasteiger partial charge >= 0.3 is 5.97 Å². The van der Waals surface area contributed by atoms with Gasteiger partial charge in [0, 0.05) is 25.3 Å². The molecule has 174 valence electrons. The highest BCUT2D eigenvalue weighted by Gasteiger charge is 2.22. The van der Waals surface area contributed by atoms with Crippen LogP contribution in [0.25, 0.3) is 10.9 Å². The minimum absolute atomic E-state index is 0.0795. The minimum atomic E-state index is -1.01. The summed E-state index contributed by atoms with van der Waals surface area (Å²) in [4.78, 5) is 26.8. The molecule has 0 saturated carbocycles. The van der Waals surface area contributed by atoms with Gasteiger partial charge in [-0.25, -0.2) is 4.79 Å². The highest BCUT2D eigenvalue weighted by Crippen LogP contribution is 2.36. The second kappa shape index (κ2) is 10.7. The summed E-state index contributed by atoms with van der Waals surface area (Å²) in [5.74, 6) is -0.0760. The molecule has 3 rings (SSSR count). The number of nitro benzene ring substituents is 1. The molecule has 0 bridgehead atoms. The molecule has 1 atom stereocenters. The van der Waals surface area contributed by atoms with Crippen molar-refractivity contribution >= 4 is 22.6 Å². The van der Waals surface area contributed by atoms with Crippen LogP contribution in [0, 0.1) is 10.1 Å².